The Morgan fingerprint density at radius 3 is 2.21 bits per heavy atom. The van der Waals surface area contributed by atoms with Gasteiger partial charge in [-0.2, -0.15) is 4.31 Å². The summed E-state index contributed by atoms with van der Waals surface area (Å²) in [4.78, 5) is 0. The summed E-state index contributed by atoms with van der Waals surface area (Å²) in [7, 11) is -3.30. The standard InChI is InChI=1S/C13H20N2O2S2/c14-6-12-5-13(18-9-12)19(16,17)15(7-10-1-2-10)8-11-3-4-11/h5,9-11H,1-4,6-8,14H2. The molecule has 0 aromatic carbocycles. The largest absolute Gasteiger partial charge is 0.326 e. The van der Waals surface area contributed by atoms with Crippen molar-refractivity contribution in [3.63, 3.8) is 0 Å². The van der Waals surface area contributed by atoms with E-state index in [2.05, 4.69) is 0 Å². The maximum atomic E-state index is 12.7. The molecule has 2 aliphatic rings. The van der Waals surface area contributed by atoms with Gasteiger partial charge >= 0.3 is 0 Å². The Morgan fingerprint density at radius 1 is 1.21 bits per heavy atom. The fourth-order valence-electron chi connectivity index (χ4n) is 2.17. The number of sulfonamides is 1. The second-order valence-corrected chi connectivity index (χ2v) is 8.76. The van der Waals surface area contributed by atoms with Crippen LogP contribution in [-0.4, -0.2) is 25.8 Å². The average molecular weight is 300 g/mol. The molecule has 2 saturated carbocycles. The third-order valence-electron chi connectivity index (χ3n) is 3.78. The van der Waals surface area contributed by atoms with Crippen molar-refractivity contribution in [3.8, 4) is 0 Å². The summed E-state index contributed by atoms with van der Waals surface area (Å²) in [5.41, 5.74) is 6.47. The lowest BCUT2D eigenvalue weighted by molar-refractivity contribution is 0.383. The zero-order valence-corrected chi connectivity index (χ0v) is 12.5. The smallest absolute Gasteiger partial charge is 0.252 e. The zero-order valence-electron chi connectivity index (χ0n) is 10.9. The van der Waals surface area contributed by atoms with Gasteiger partial charge in [0.2, 0.25) is 0 Å². The Hall–Kier alpha value is -0.430. The number of rotatable bonds is 7. The second-order valence-electron chi connectivity index (χ2n) is 5.69. The molecular weight excluding hydrogens is 280 g/mol. The molecule has 6 heteroatoms. The van der Waals surface area contributed by atoms with E-state index in [-0.39, 0.29) is 0 Å². The van der Waals surface area contributed by atoms with Crippen molar-refractivity contribution >= 4 is 21.4 Å². The van der Waals surface area contributed by atoms with Gasteiger partial charge in [-0.15, -0.1) is 11.3 Å². The van der Waals surface area contributed by atoms with Gasteiger partial charge in [-0.05, 0) is 54.5 Å². The third-order valence-corrected chi connectivity index (χ3v) is 7.07. The van der Waals surface area contributed by atoms with E-state index in [9.17, 15) is 8.42 Å². The van der Waals surface area contributed by atoms with Gasteiger partial charge in [0, 0.05) is 19.6 Å². The lowest BCUT2D eigenvalue weighted by Gasteiger charge is -2.21. The van der Waals surface area contributed by atoms with E-state index in [0.29, 0.717) is 35.7 Å². The molecule has 3 rings (SSSR count). The van der Waals surface area contributed by atoms with Crippen molar-refractivity contribution in [2.75, 3.05) is 13.1 Å². The Balaban J connectivity index is 1.80. The fraction of sp³-hybridized carbons (Fsp3) is 0.692. The maximum Gasteiger partial charge on any atom is 0.252 e. The summed E-state index contributed by atoms with van der Waals surface area (Å²) in [5.74, 6) is 1.17. The van der Waals surface area contributed by atoms with Crippen LogP contribution in [0.3, 0.4) is 0 Å². The van der Waals surface area contributed by atoms with Gasteiger partial charge in [-0.1, -0.05) is 0 Å². The zero-order chi connectivity index (χ0) is 13.5. The number of hydrogen-bond donors (Lipinski definition) is 1. The van der Waals surface area contributed by atoms with Gasteiger partial charge in [-0.25, -0.2) is 8.42 Å². The quantitative estimate of drug-likeness (QED) is 0.838. The van der Waals surface area contributed by atoms with Crippen molar-refractivity contribution in [2.45, 2.75) is 36.4 Å². The van der Waals surface area contributed by atoms with Crippen LogP contribution in [0, 0.1) is 11.8 Å². The monoisotopic (exact) mass is 300 g/mol. The number of nitrogens with zero attached hydrogens (tertiary/aromatic N) is 1. The van der Waals surface area contributed by atoms with Crippen LogP contribution in [0.25, 0.3) is 0 Å². The molecule has 1 aromatic heterocycles. The van der Waals surface area contributed by atoms with Crippen LogP contribution in [0.4, 0.5) is 0 Å². The van der Waals surface area contributed by atoms with Gasteiger partial charge in [0.25, 0.3) is 10.0 Å². The van der Waals surface area contributed by atoms with E-state index in [1.807, 2.05) is 5.38 Å². The molecule has 0 spiro atoms. The van der Waals surface area contributed by atoms with E-state index in [1.165, 1.54) is 37.0 Å². The molecule has 0 saturated heterocycles. The molecule has 0 bridgehead atoms. The van der Waals surface area contributed by atoms with E-state index in [1.54, 1.807) is 10.4 Å². The predicted octanol–water partition coefficient (Wildman–Crippen LogP) is 2.02. The molecule has 2 fully saturated rings. The third kappa shape index (κ3) is 3.18. The predicted molar refractivity (Wildman–Crippen MR) is 76.4 cm³/mol. The van der Waals surface area contributed by atoms with Crippen LogP contribution >= 0.6 is 11.3 Å². The fourth-order valence-corrected chi connectivity index (χ4v) is 5.14. The van der Waals surface area contributed by atoms with Crippen LogP contribution in [-0.2, 0) is 16.6 Å². The van der Waals surface area contributed by atoms with Gasteiger partial charge in [-0.3, -0.25) is 0 Å². The van der Waals surface area contributed by atoms with Gasteiger partial charge in [0.05, 0.1) is 0 Å². The van der Waals surface area contributed by atoms with Crippen LogP contribution < -0.4 is 5.73 Å². The Labute approximate surface area is 118 Å². The topological polar surface area (TPSA) is 63.4 Å². The summed E-state index contributed by atoms with van der Waals surface area (Å²) in [6, 6.07) is 1.73. The summed E-state index contributed by atoms with van der Waals surface area (Å²) in [6.07, 6.45) is 4.70. The summed E-state index contributed by atoms with van der Waals surface area (Å²) in [6.45, 7) is 1.81. The highest BCUT2D eigenvalue weighted by Gasteiger charge is 2.36. The van der Waals surface area contributed by atoms with Crippen molar-refractivity contribution in [1.82, 2.24) is 4.31 Å². The Bertz CT molecular complexity index is 531. The second kappa shape index (κ2) is 5.16. The van der Waals surface area contributed by atoms with Crippen LogP contribution in [0.5, 0.6) is 0 Å². The molecule has 0 atom stereocenters. The highest BCUT2D eigenvalue weighted by atomic mass is 32.2. The maximum absolute atomic E-state index is 12.7. The summed E-state index contributed by atoms with van der Waals surface area (Å²) < 4.78 is 27.5. The molecule has 0 aliphatic heterocycles. The van der Waals surface area contributed by atoms with Gasteiger partial charge < -0.3 is 5.73 Å². The molecule has 19 heavy (non-hydrogen) atoms. The normalized spacial score (nSPS) is 20.1. The van der Waals surface area contributed by atoms with E-state index >= 15 is 0 Å². The highest BCUT2D eigenvalue weighted by molar-refractivity contribution is 7.91. The van der Waals surface area contributed by atoms with Crippen molar-refractivity contribution in [1.29, 1.82) is 0 Å². The minimum absolute atomic E-state index is 0.400. The molecule has 1 heterocycles. The molecule has 1 aromatic rings. The average Bonchev–Trinajstić information content (AvgIpc) is 3.30. The molecule has 106 valence electrons. The number of hydrogen-bond acceptors (Lipinski definition) is 4. The molecule has 0 unspecified atom stereocenters. The first-order valence-corrected chi connectivity index (χ1v) is 9.19. The summed E-state index contributed by atoms with van der Waals surface area (Å²) in [5, 5.41) is 1.85. The first kappa shape index (κ1) is 13.5. The van der Waals surface area contributed by atoms with Crippen molar-refractivity contribution in [3.05, 3.63) is 17.0 Å². The van der Waals surface area contributed by atoms with Crippen LogP contribution in [0.2, 0.25) is 0 Å². The molecule has 0 radical (unpaired) electrons. The Morgan fingerprint density at radius 2 is 1.79 bits per heavy atom. The SMILES string of the molecule is NCc1csc(S(=O)(=O)N(CC2CC2)CC2CC2)c1. The van der Waals surface area contributed by atoms with Gasteiger partial charge in [0.1, 0.15) is 4.21 Å². The summed E-state index contributed by atoms with van der Waals surface area (Å²) >= 11 is 1.29. The first-order valence-electron chi connectivity index (χ1n) is 6.87. The minimum atomic E-state index is -3.30. The lowest BCUT2D eigenvalue weighted by Crippen LogP contribution is -2.34. The molecule has 2 N–H and O–H groups in total. The van der Waals surface area contributed by atoms with Crippen LogP contribution in [0.1, 0.15) is 31.2 Å². The molecule has 4 nitrogen and oxygen atoms in total. The van der Waals surface area contributed by atoms with E-state index < -0.39 is 10.0 Å². The van der Waals surface area contributed by atoms with Crippen LogP contribution in [0.15, 0.2) is 15.7 Å². The Kier molecular flexibility index (Phi) is 3.68. The molecule has 0 amide bonds. The van der Waals surface area contributed by atoms with Gasteiger partial charge in [0.15, 0.2) is 0 Å². The first-order chi connectivity index (χ1) is 9.09. The highest BCUT2D eigenvalue weighted by Crippen LogP contribution is 2.36. The lowest BCUT2D eigenvalue weighted by atomic mass is 10.4. The molecular formula is C13H20N2O2S2. The number of thiophene rings is 1. The number of nitrogens with two attached hydrogens (primary N) is 1. The van der Waals surface area contributed by atoms with E-state index in [4.69, 9.17) is 5.73 Å². The molecule has 2 aliphatic carbocycles. The van der Waals surface area contributed by atoms with Crippen molar-refractivity contribution in [2.24, 2.45) is 17.6 Å². The van der Waals surface area contributed by atoms with Crippen molar-refractivity contribution < 1.29 is 8.42 Å². The van der Waals surface area contributed by atoms with E-state index in [0.717, 1.165) is 5.56 Å². The minimum Gasteiger partial charge on any atom is -0.326 e.